The molecular formula is C18H23N3O4S. The Morgan fingerprint density at radius 3 is 3.00 bits per heavy atom. The first kappa shape index (κ1) is 18.6. The fourth-order valence-electron chi connectivity index (χ4n) is 2.87. The molecule has 1 unspecified atom stereocenters. The summed E-state index contributed by atoms with van der Waals surface area (Å²) in [5.41, 5.74) is 0.825. The molecule has 0 saturated carbocycles. The van der Waals surface area contributed by atoms with E-state index >= 15 is 0 Å². The summed E-state index contributed by atoms with van der Waals surface area (Å²) < 4.78 is 11.7. The maximum Gasteiger partial charge on any atom is 0.229 e. The molecule has 1 saturated heterocycles. The second-order valence-electron chi connectivity index (χ2n) is 5.95. The summed E-state index contributed by atoms with van der Waals surface area (Å²) in [7, 11) is 0. The molecule has 0 spiro atoms. The van der Waals surface area contributed by atoms with E-state index in [4.69, 9.17) is 9.47 Å². The van der Waals surface area contributed by atoms with Gasteiger partial charge in [-0.05, 0) is 32.0 Å². The summed E-state index contributed by atoms with van der Waals surface area (Å²) in [4.78, 5) is 30.8. The molecule has 3 rings (SSSR count). The van der Waals surface area contributed by atoms with Crippen molar-refractivity contribution in [2.45, 2.75) is 20.3 Å². The number of hydrogen-bond donors (Lipinski definition) is 1. The van der Waals surface area contributed by atoms with Gasteiger partial charge in [0.15, 0.2) is 5.13 Å². The van der Waals surface area contributed by atoms with Crippen molar-refractivity contribution in [1.82, 2.24) is 10.3 Å². The summed E-state index contributed by atoms with van der Waals surface area (Å²) in [6, 6.07) is 5.69. The van der Waals surface area contributed by atoms with E-state index in [2.05, 4.69) is 10.3 Å². The Morgan fingerprint density at radius 1 is 1.38 bits per heavy atom. The van der Waals surface area contributed by atoms with Gasteiger partial charge in [0.1, 0.15) is 5.75 Å². The molecule has 140 valence electrons. The van der Waals surface area contributed by atoms with Crippen LogP contribution in [0.4, 0.5) is 5.13 Å². The lowest BCUT2D eigenvalue weighted by Gasteiger charge is -2.13. The second-order valence-corrected chi connectivity index (χ2v) is 6.96. The molecule has 8 heteroatoms. The number of anilines is 1. The maximum absolute atomic E-state index is 12.4. The standard InChI is InChI=1S/C18H23N3O4S/c1-3-24-8-7-19-17(23)12-9-16(22)21(11-12)18-20-14-6-5-13(25-4-2)10-15(14)26-18/h5-6,10,12H,3-4,7-9,11H2,1-2H3,(H,19,23). The van der Waals surface area contributed by atoms with Gasteiger partial charge < -0.3 is 14.8 Å². The number of nitrogens with one attached hydrogen (secondary N) is 1. The number of ether oxygens (including phenoxy) is 2. The van der Waals surface area contributed by atoms with Crippen molar-refractivity contribution in [1.29, 1.82) is 0 Å². The van der Waals surface area contributed by atoms with Crippen molar-refractivity contribution < 1.29 is 19.1 Å². The van der Waals surface area contributed by atoms with Gasteiger partial charge in [-0.3, -0.25) is 14.5 Å². The van der Waals surface area contributed by atoms with Crippen molar-refractivity contribution in [3.8, 4) is 5.75 Å². The van der Waals surface area contributed by atoms with Crippen LogP contribution in [0.5, 0.6) is 5.75 Å². The number of rotatable bonds is 8. The Labute approximate surface area is 156 Å². The Morgan fingerprint density at radius 2 is 2.23 bits per heavy atom. The van der Waals surface area contributed by atoms with E-state index in [1.54, 1.807) is 4.90 Å². The number of aromatic nitrogens is 1. The molecule has 1 aliphatic rings. The Kier molecular flexibility index (Phi) is 6.05. The largest absolute Gasteiger partial charge is 0.494 e. The van der Waals surface area contributed by atoms with E-state index in [9.17, 15) is 9.59 Å². The minimum Gasteiger partial charge on any atom is -0.494 e. The van der Waals surface area contributed by atoms with Gasteiger partial charge in [0.2, 0.25) is 11.8 Å². The topological polar surface area (TPSA) is 80.8 Å². The third kappa shape index (κ3) is 4.13. The molecule has 0 aliphatic carbocycles. The molecule has 1 aromatic heterocycles. The van der Waals surface area contributed by atoms with E-state index in [1.807, 2.05) is 32.0 Å². The van der Waals surface area contributed by atoms with Gasteiger partial charge in [0.05, 0.1) is 29.3 Å². The molecule has 7 nitrogen and oxygen atoms in total. The molecule has 1 N–H and O–H groups in total. The van der Waals surface area contributed by atoms with Crippen LogP contribution in [0.2, 0.25) is 0 Å². The Hall–Kier alpha value is -2.19. The summed E-state index contributed by atoms with van der Waals surface area (Å²) in [5, 5.41) is 3.45. The molecule has 0 bridgehead atoms. The number of thiazole rings is 1. The highest BCUT2D eigenvalue weighted by Gasteiger charge is 2.36. The van der Waals surface area contributed by atoms with Crippen LogP contribution in [-0.4, -0.2) is 49.7 Å². The van der Waals surface area contributed by atoms with Gasteiger partial charge in [-0.25, -0.2) is 4.98 Å². The van der Waals surface area contributed by atoms with Crippen LogP contribution in [0.25, 0.3) is 10.2 Å². The number of hydrogen-bond acceptors (Lipinski definition) is 6. The van der Waals surface area contributed by atoms with Crippen LogP contribution in [0, 0.1) is 5.92 Å². The lowest BCUT2D eigenvalue weighted by Crippen LogP contribution is -2.34. The van der Waals surface area contributed by atoms with E-state index in [-0.39, 0.29) is 24.2 Å². The molecule has 1 aromatic carbocycles. The molecule has 2 heterocycles. The van der Waals surface area contributed by atoms with Crippen LogP contribution < -0.4 is 15.0 Å². The first-order chi connectivity index (χ1) is 12.6. The molecule has 1 aliphatic heterocycles. The number of fused-ring (bicyclic) bond motifs is 1. The van der Waals surface area contributed by atoms with Gasteiger partial charge in [0, 0.05) is 26.1 Å². The molecule has 26 heavy (non-hydrogen) atoms. The number of amides is 2. The summed E-state index contributed by atoms with van der Waals surface area (Å²) in [6.45, 7) is 6.36. The molecule has 1 atom stereocenters. The lowest BCUT2D eigenvalue weighted by atomic mass is 10.1. The van der Waals surface area contributed by atoms with Gasteiger partial charge in [-0.2, -0.15) is 0 Å². The van der Waals surface area contributed by atoms with Crippen LogP contribution in [-0.2, 0) is 14.3 Å². The number of carbonyl (C=O) groups is 2. The first-order valence-corrected chi connectivity index (χ1v) is 9.63. The van der Waals surface area contributed by atoms with Crippen LogP contribution >= 0.6 is 11.3 Å². The molecule has 2 aromatic rings. The maximum atomic E-state index is 12.4. The van der Waals surface area contributed by atoms with Crippen molar-refractivity contribution in [3.63, 3.8) is 0 Å². The zero-order chi connectivity index (χ0) is 18.5. The van der Waals surface area contributed by atoms with E-state index in [0.29, 0.717) is 38.0 Å². The molecule has 0 radical (unpaired) electrons. The van der Waals surface area contributed by atoms with Crippen LogP contribution in [0.15, 0.2) is 18.2 Å². The monoisotopic (exact) mass is 377 g/mol. The summed E-state index contributed by atoms with van der Waals surface area (Å²) in [5.74, 6) is 0.254. The third-order valence-electron chi connectivity index (χ3n) is 4.14. The smallest absolute Gasteiger partial charge is 0.229 e. The highest BCUT2D eigenvalue weighted by Crippen LogP contribution is 2.34. The fraction of sp³-hybridized carbons (Fsp3) is 0.500. The van der Waals surface area contributed by atoms with Crippen LogP contribution in [0.3, 0.4) is 0 Å². The quantitative estimate of drug-likeness (QED) is 0.714. The van der Waals surface area contributed by atoms with Crippen molar-refractivity contribution in [2.24, 2.45) is 5.92 Å². The highest BCUT2D eigenvalue weighted by molar-refractivity contribution is 7.22. The number of nitrogens with zero attached hydrogens (tertiary/aromatic N) is 2. The van der Waals surface area contributed by atoms with E-state index < -0.39 is 0 Å². The predicted molar refractivity (Wildman–Crippen MR) is 101 cm³/mol. The van der Waals surface area contributed by atoms with Gasteiger partial charge in [0.25, 0.3) is 0 Å². The Balaban J connectivity index is 1.66. The van der Waals surface area contributed by atoms with Gasteiger partial charge in [-0.1, -0.05) is 11.3 Å². The lowest BCUT2D eigenvalue weighted by molar-refractivity contribution is -0.126. The van der Waals surface area contributed by atoms with E-state index in [0.717, 1.165) is 16.0 Å². The Bertz CT molecular complexity index is 792. The van der Waals surface area contributed by atoms with Crippen molar-refractivity contribution >= 4 is 38.5 Å². The summed E-state index contributed by atoms with van der Waals surface area (Å²) in [6.07, 6.45) is 0.209. The average molecular weight is 377 g/mol. The van der Waals surface area contributed by atoms with Gasteiger partial charge in [-0.15, -0.1) is 0 Å². The second kappa shape index (κ2) is 8.46. The fourth-order valence-corrected chi connectivity index (χ4v) is 3.89. The number of carbonyl (C=O) groups excluding carboxylic acids is 2. The SMILES string of the molecule is CCOCCNC(=O)C1CC(=O)N(c2nc3ccc(OCC)cc3s2)C1. The van der Waals surface area contributed by atoms with E-state index in [1.165, 1.54) is 11.3 Å². The zero-order valence-electron chi connectivity index (χ0n) is 15.0. The zero-order valence-corrected chi connectivity index (χ0v) is 15.8. The average Bonchev–Trinajstić information content (AvgIpc) is 3.21. The molecule has 1 fully saturated rings. The minimum atomic E-state index is -0.352. The number of benzene rings is 1. The first-order valence-electron chi connectivity index (χ1n) is 8.81. The van der Waals surface area contributed by atoms with Crippen molar-refractivity contribution in [2.75, 3.05) is 37.8 Å². The third-order valence-corrected chi connectivity index (χ3v) is 5.18. The predicted octanol–water partition coefficient (Wildman–Crippen LogP) is 2.20. The normalized spacial score (nSPS) is 17.1. The summed E-state index contributed by atoms with van der Waals surface area (Å²) >= 11 is 1.44. The highest BCUT2D eigenvalue weighted by atomic mass is 32.1. The molecular weight excluding hydrogens is 354 g/mol. The minimum absolute atomic E-state index is 0.0703. The van der Waals surface area contributed by atoms with Gasteiger partial charge >= 0.3 is 0 Å². The van der Waals surface area contributed by atoms with Crippen molar-refractivity contribution in [3.05, 3.63) is 18.2 Å². The van der Waals surface area contributed by atoms with Crippen LogP contribution in [0.1, 0.15) is 20.3 Å². The molecule has 2 amide bonds.